The van der Waals surface area contributed by atoms with E-state index in [9.17, 15) is 4.79 Å². The van der Waals surface area contributed by atoms with Crippen LogP contribution in [0.2, 0.25) is 0 Å². The van der Waals surface area contributed by atoms with Crippen LogP contribution < -0.4 is 0 Å². The predicted molar refractivity (Wildman–Crippen MR) is 117 cm³/mol. The zero-order valence-electron chi connectivity index (χ0n) is 16.6. The first-order valence-electron chi connectivity index (χ1n) is 9.96. The number of benzene rings is 1. The molecule has 1 amide bonds. The lowest BCUT2D eigenvalue weighted by Crippen LogP contribution is -2.38. The summed E-state index contributed by atoms with van der Waals surface area (Å²) >= 11 is 0. The first-order chi connectivity index (χ1) is 14.1. The monoisotopic (exact) mass is 406 g/mol. The maximum atomic E-state index is 12.9. The number of amides is 1. The summed E-state index contributed by atoms with van der Waals surface area (Å²) in [7, 11) is 0.441. The van der Waals surface area contributed by atoms with Crippen molar-refractivity contribution in [3.8, 4) is 0 Å². The van der Waals surface area contributed by atoms with Crippen molar-refractivity contribution in [1.29, 1.82) is 0 Å². The summed E-state index contributed by atoms with van der Waals surface area (Å²) in [5, 5.41) is 1.03. The average molecular weight is 406 g/mol. The number of aryl methyl sites for hydroxylation is 1. The third-order valence-corrected chi connectivity index (χ3v) is 7.08. The van der Waals surface area contributed by atoms with Gasteiger partial charge >= 0.3 is 0 Å². The Morgan fingerprint density at radius 2 is 2.24 bits per heavy atom. The summed E-state index contributed by atoms with van der Waals surface area (Å²) in [6.07, 6.45) is 8.83. The lowest BCUT2D eigenvalue weighted by Gasteiger charge is -2.34. The fourth-order valence-electron chi connectivity index (χ4n) is 3.95. The predicted octanol–water partition coefficient (Wildman–Crippen LogP) is 3.90. The third-order valence-electron chi connectivity index (χ3n) is 5.62. The number of hydrogen-bond donors (Lipinski definition) is 0. The van der Waals surface area contributed by atoms with Crippen LogP contribution in [0, 0.1) is 6.92 Å². The minimum absolute atomic E-state index is 0.00726. The summed E-state index contributed by atoms with van der Waals surface area (Å²) in [5.74, 6) is 0.637. The number of carbonyl (C=O) groups is 1. The van der Waals surface area contributed by atoms with E-state index in [1.807, 2.05) is 42.4 Å². The first kappa shape index (κ1) is 18.5. The molecule has 2 aromatic rings. The van der Waals surface area contributed by atoms with Crippen LogP contribution in [0.5, 0.6) is 0 Å². The van der Waals surface area contributed by atoms with Crippen molar-refractivity contribution < 1.29 is 9.21 Å². The fraction of sp³-hybridized carbons (Fsp3) is 0.318. The first-order valence-corrected chi connectivity index (χ1v) is 11.0. The number of oxazole rings is 1. The maximum absolute atomic E-state index is 12.9. The Bertz CT molecular complexity index is 1110. The van der Waals surface area contributed by atoms with Crippen molar-refractivity contribution in [2.24, 2.45) is 4.99 Å². The van der Waals surface area contributed by atoms with Gasteiger partial charge in [0.15, 0.2) is 11.5 Å². The molecule has 0 radical (unpaired) electrons. The molecule has 0 spiro atoms. The molecule has 2 unspecified atom stereocenters. The standard InChI is InChI=1S/C22H23N4O2P/c1-3-25-8-6-15(7-9-25)18-13-26-21(27)11-20(29-22(26)12-23-18)16-4-5-17-19(10-16)28-14(2)24-17/h4-6,10-13,22,29H,3,7-9H2,1-2H3. The van der Waals surface area contributed by atoms with Gasteiger partial charge in [-0.1, -0.05) is 27.6 Å². The molecule has 0 N–H and O–H groups in total. The summed E-state index contributed by atoms with van der Waals surface area (Å²) < 4.78 is 5.65. The minimum atomic E-state index is -0.0188. The Labute approximate surface area is 171 Å². The molecule has 3 aliphatic rings. The van der Waals surface area contributed by atoms with Crippen LogP contribution in [0.15, 0.2) is 57.2 Å². The molecular weight excluding hydrogens is 383 g/mol. The Balaban J connectivity index is 1.40. The highest BCUT2D eigenvalue weighted by Crippen LogP contribution is 2.44. The van der Waals surface area contributed by atoms with Crippen molar-refractivity contribution in [3.63, 3.8) is 0 Å². The van der Waals surface area contributed by atoms with Gasteiger partial charge in [0.05, 0.1) is 11.5 Å². The Kier molecular flexibility index (Phi) is 4.69. The average Bonchev–Trinajstić information content (AvgIpc) is 3.12. The number of aromatic nitrogens is 1. The van der Waals surface area contributed by atoms with Gasteiger partial charge in [-0.3, -0.25) is 14.7 Å². The van der Waals surface area contributed by atoms with E-state index >= 15 is 0 Å². The van der Waals surface area contributed by atoms with Gasteiger partial charge in [-0.05, 0) is 41.5 Å². The number of aliphatic imine (C=N–C) groups is 1. The van der Waals surface area contributed by atoms with E-state index in [-0.39, 0.29) is 11.7 Å². The molecule has 0 fully saturated rings. The van der Waals surface area contributed by atoms with Crippen LogP contribution >= 0.6 is 8.58 Å². The van der Waals surface area contributed by atoms with E-state index in [0.29, 0.717) is 14.5 Å². The second kappa shape index (κ2) is 7.36. The van der Waals surface area contributed by atoms with Crippen LogP contribution in [0.1, 0.15) is 24.8 Å². The van der Waals surface area contributed by atoms with Gasteiger partial charge in [0, 0.05) is 38.5 Å². The molecule has 5 rings (SSSR count). The Morgan fingerprint density at radius 1 is 1.34 bits per heavy atom. The van der Waals surface area contributed by atoms with E-state index in [4.69, 9.17) is 9.41 Å². The number of nitrogens with zero attached hydrogens (tertiary/aromatic N) is 4. The number of allylic oxidation sites excluding steroid dienone is 1. The van der Waals surface area contributed by atoms with E-state index in [0.717, 1.165) is 53.7 Å². The molecule has 6 nitrogen and oxygen atoms in total. The van der Waals surface area contributed by atoms with Crippen molar-refractivity contribution in [1.82, 2.24) is 14.8 Å². The molecule has 0 aliphatic carbocycles. The number of rotatable bonds is 3. The molecule has 0 saturated carbocycles. The normalized spacial score (nSPS) is 23.2. The molecule has 4 heterocycles. The number of fused-ring (bicyclic) bond motifs is 2. The molecule has 0 saturated heterocycles. The number of hydrogen-bond acceptors (Lipinski definition) is 5. The van der Waals surface area contributed by atoms with Gasteiger partial charge in [-0.2, -0.15) is 0 Å². The third kappa shape index (κ3) is 3.47. The van der Waals surface area contributed by atoms with E-state index in [1.165, 1.54) is 5.57 Å². The number of carbonyl (C=O) groups excluding carboxylic acids is 1. The SMILES string of the molecule is CCN1CC=C(C2=CN3C(=O)C=C(c4ccc5nc(C)oc5c4)PC3C=N2)CC1. The van der Waals surface area contributed by atoms with Gasteiger partial charge in [0.25, 0.3) is 5.91 Å². The molecule has 29 heavy (non-hydrogen) atoms. The van der Waals surface area contributed by atoms with Crippen molar-refractivity contribution >= 4 is 37.1 Å². The smallest absolute Gasteiger partial charge is 0.252 e. The Morgan fingerprint density at radius 3 is 3.03 bits per heavy atom. The van der Waals surface area contributed by atoms with Crippen LogP contribution in [0.25, 0.3) is 16.4 Å². The zero-order chi connectivity index (χ0) is 20.0. The molecule has 7 heteroatoms. The topological polar surface area (TPSA) is 61.9 Å². The van der Waals surface area contributed by atoms with Crippen molar-refractivity contribution in [2.45, 2.75) is 26.1 Å². The van der Waals surface area contributed by atoms with E-state index in [2.05, 4.69) is 22.9 Å². The van der Waals surface area contributed by atoms with E-state index < -0.39 is 0 Å². The van der Waals surface area contributed by atoms with Gasteiger partial charge in [-0.15, -0.1) is 0 Å². The maximum Gasteiger partial charge on any atom is 0.252 e. The molecule has 0 bridgehead atoms. The largest absolute Gasteiger partial charge is 0.441 e. The summed E-state index contributed by atoms with van der Waals surface area (Å²) in [6, 6.07) is 5.94. The highest BCUT2D eigenvalue weighted by atomic mass is 31.1. The second-order valence-corrected chi connectivity index (χ2v) is 8.89. The van der Waals surface area contributed by atoms with Crippen LogP contribution in [0.4, 0.5) is 0 Å². The summed E-state index contributed by atoms with van der Waals surface area (Å²) in [5.41, 5.74) is 4.77. The van der Waals surface area contributed by atoms with Gasteiger partial charge in [-0.25, -0.2) is 4.98 Å². The van der Waals surface area contributed by atoms with Crippen LogP contribution in [-0.4, -0.2) is 52.3 Å². The minimum Gasteiger partial charge on any atom is -0.441 e. The fourth-order valence-corrected chi connectivity index (χ4v) is 5.28. The Hall–Kier alpha value is -2.56. The summed E-state index contributed by atoms with van der Waals surface area (Å²) in [6.45, 7) is 7.08. The van der Waals surface area contributed by atoms with Gasteiger partial charge in [0.2, 0.25) is 0 Å². The lowest BCUT2D eigenvalue weighted by molar-refractivity contribution is -0.123. The second-order valence-electron chi connectivity index (χ2n) is 7.47. The highest BCUT2D eigenvalue weighted by Gasteiger charge is 2.30. The zero-order valence-corrected chi connectivity index (χ0v) is 17.6. The molecule has 148 valence electrons. The van der Waals surface area contributed by atoms with Crippen molar-refractivity contribution in [2.75, 3.05) is 19.6 Å². The van der Waals surface area contributed by atoms with Gasteiger partial charge in [0.1, 0.15) is 5.52 Å². The molecular formula is C22H23N4O2P. The van der Waals surface area contributed by atoms with Crippen LogP contribution in [0.3, 0.4) is 0 Å². The van der Waals surface area contributed by atoms with Gasteiger partial charge < -0.3 is 9.32 Å². The number of likely N-dealkylation sites (N-methyl/N-ethyl adjacent to an activating group) is 1. The van der Waals surface area contributed by atoms with Crippen LogP contribution in [-0.2, 0) is 4.79 Å². The highest BCUT2D eigenvalue weighted by molar-refractivity contribution is 7.52. The molecule has 3 aliphatic heterocycles. The summed E-state index contributed by atoms with van der Waals surface area (Å²) in [4.78, 5) is 26.2. The van der Waals surface area contributed by atoms with E-state index in [1.54, 1.807) is 6.08 Å². The quantitative estimate of drug-likeness (QED) is 0.726. The molecule has 1 aromatic carbocycles. The van der Waals surface area contributed by atoms with Crippen molar-refractivity contribution in [3.05, 3.63) is 59.3 Å². The molecule has 1 aromatic heterocycles. The lowest BCUT2D eigenvalue weighted by atomic mass is 10.0. The molecule has 2 atom stereocenters.